The standard InChI is InChI=1S/C21H19ClFN3O3/c22-15-4-2-6-18(10-15)26-13-24(11-20(26)28)19(27)12-25(17-7-8-17)21(29)14-3-1-5-16(23)9-14/h1-6,9-10,17H,7-8,11-13H2. The summed E-state index contributed by atoms with van der Waals surface area (Å²) >= 11 is 6.00. The van der Waals surface area contributed by atoms with E-state index in [1.807, 2.05) is 0 Å². The van der Waals surface area contributed by atoms with Crippen LogP contribution in [0, 0.1) is 5.82 Å². The lowest BCUT2D eigenvalue weighted by Crippen LogP contribution is -2.43. The average molecular weight is 416 g/mol. The van der Waals surface area contributed by atoms with Crippen molar-refractivity contribution in [3.8, 4) is 0 Å². The first-order valence-electron chi connectivity index (χ1n) is 9.32. The monoisotopic (exact) mass is 415 g/mol. The van der Waals surface area contributed by atoms with Crippen molar-refractivity contribution < 1.29 is 18.8 Å². The molecule has 0 spiro atoms. The highest BCUT2D eigenvalue weighted by Gasteiger charge is 2.38. The summed E-state index contributed by atoms with van der Waals surface area (Å²) in [6, 6.07) is 12.3. The molecule has 0 radical (unpaired) electrons. The van der Waals surface area contributed by atoms with Crippen molar-refractivity contribution in [2.75, 3.05) is 24.7 Å². The van der Waals surface area contributed by atoms with Crippen LogP contribution in [0.1, 0.15) is 23.2 Å². The Labute approximate surface area is 172 Å². The van der Waals surface area contributed by atoms with E-state index in [1.54, 1.807) is 24.3 Å². The second-order valence-electron chi connectivity index (χ2n) is 7.21. The lowest BCUT2D eigenvalue weighted by atomic mass is 10.2. The number of nitrogens with zero attached hydrogens (tertiary/aromatic N) is 3. The molecular formula is C21H19ClFN3O3. The summed E-state index contributed by atoms with van der Waals surface area (Å²) in [5, 5.41) is 0.501. The molecule has 29 heavy (non-hydrogen) atoms. The second-order valence-corrected chi connectivity index (χ2v) is 7.65. The van der Waals surface area contributed by atoms with Crippen LogP contribution >= 0.6 is 11.6 Å². The van der Waals surface area contributed by atoms with Gasteiger partial charge in [-0.25, -0.2) is 4.39 Å². The predicted octanol–water partition coefficient (Wildman–Crippen LogP) is 2.92. The van der Waals surface area contributed by atoms with Gasteiger partial charge in [-0.05, 0) is 49.2 Å². The van der Waals surface area contributed by atoms with Gasteiger partial charge in [-0.15, -0.1) is 0 Å². The van der Waals surface area contributed by atoms with E-state index in [-0.39, 0.29) is 49.1 Å². The van der Waals surface area contributed by atoms with E-state index in [2.05, 4.69) is 0 Å². The number of benzene rings is 2. The van der Waals surface area contributed by atoms with Gasteiger partial charge in [-0.2, -0.15) is 0 Å². The summed E-state index contributed by atoms with van der Waals surface area (Å²) in [5.41, 5.74) is 0.829. The van der Waals surface area contributed by atoms with E-state index in [0.717, 1.165) is 12.8 Å². The van der Waals surface area contributed by atoms with Gasteiger partial charge < -0.3 is 9.80 Å². The molecule has 1 aliphatic heterocycles. The van der Waals surface area contributed by atoms with E-state index in [9.17, 15) is 18.8 Å². The van der Waals surface area contributed by atoms with E-state index in [0.29, 0.717) is 10.7 Å². The average Bonchev–Trinajstić information content (AvgIpc) is 3.46. The maximum atomic E-state index is 13.5. The smallest absolute Gasteiger partial charge is 0.254 e. The Hall–Kier alpha value is -2.93. The summed E-state index contributed by atoms with van der Waals surface area (Å²) in [6.45, 7) is -0.0979. The first-order chi connectivity index (χ1) is 13.9. The van der Waals surface area contributed by atoms with Crippen LogP contribution in [0.3, 0.4) is 0 Å². The Morgan fingerprint density at radius 1 is 1.14 bits per heavy atom. The van der Waals surface area contributed by atoms with Crippen molar-refractivity contribution in [3.05, 3.63) is 64.9 Å². The molecule has 0 N–H and O–H groups in total. The molecule has 1 saturated carbocycles. The van der Waals surface area contributed by atoms with E-state index >= 15 is 0 Å². The topological polar surface area (TPSA) is 60.9 Å². The molecule has 4 rings (SSSR count). The molecule has 0 aromatic heterocycles. The summed E-state index contributed by atoms with van der Waals surface area (Å²) in [5.74, 6) is -1.41. The van der Waals surface area contributed by atoms with Crippen molar-refractivity contribution in [2.24, 2.45) is 0 Å². The molecule has 150 valence electrons. The number of anilines is 1. The van der Waals surface area contributed by atoms with Gasteiger partial charge in [0.1, 0.15) is 25.6 Å². The van der Waals surface area contributed by atoms with Gasteiger partial charge in [-0.1, -0.05) is 23.7 Å². The fraction of sp³-hybridized carbons (Fsp3) is 0.286. The number of carbonyl (C=O) groups excluding carboxylic acids is 3. The molecule has 2 aliphatic rings. The fourth-order valence-electron chi connectivity index (χ4n) is 3.37. The van der Waals surface area contributed by atoms with Gasteiger partial charge in [0.05, 0.1) is 0 Å². The Morgan fingerprint density at radius 2 is 1.90 bits per heavy atom. The first-order valence-corrected chi connectivity index (χ1v) is 9.70. The van der Waals surface area contributed by atoms with Crippen LogP contribution in [0.4, 0.5) is 10.1 Å². The van der Waals surface area contributed by atoms with Crippen molar-refractivity contribution in [1.29, 1.82) is 0 Å². The molecule has 1 heterocycles. The Morgan fingerprint density at radius 3 is 2.59 bits per heavy atom. The number of carbonyl (C=O) groups is 3. The normalized spacial score (nSPS) is 16.3. The van der Waals surface area contributed by atoms with Crippen LogP contribution < -0.4 is 4.90 Å². The van der Waals surface area contributed by atoms with Gasteiger partial charge in [0.25, 0.3) is 5.91 Å². The highest BCUT2D eigenvalue weighted by Crippen LogP contribution is 2.29. The zero-order valence-corrected chi connectivity index (χ0v) is 16.3. The lowest BCUT2D eigenvalue weighted by Gasteiger charge is -2.25. The zero-order chi connectivity index (χ0) is 20.5. The second kappa shape index (κ2) is 7.83. The number of hydrogen-bond donors (Lipinski definition) is 0. The Balaban J connectivity index is 1.46. The number of rotatable bonds is 5. The van der Waals surface area contributed by atoms with Crippen LogP contribution in [0.15, 0.2) is 48.5 Å². The summed E-state index contributed by atoms with van der Waals surface area (Å²) in [4.78, 5) is 42.4. The van der Waals surface area contributed by atoms with Crippen molar-refractivity contribution in [3.63, 3.8) is 0 Å². The van der Waals surface area contributed by atoms with Crippen LogP contribution in [0.2, 0.25) is 5.02 Å². The third-order valence-corrected chi connectivity index (χ3v) is 5.27. The van der Waals surface area contributed by atoms with Gasteiger partial charge in [0.15, 0.2) is 0 Å². The minimum absolute atomic E-state index is 0.0305. The molecule has 0 bridgehead atoms. The summed E-state index contributed by atoms with van der Waals surface area (Å²) in [7, 11) is 0. The number of amides is 3. The summed E-state index contributed by atoms with van der Waals surface area (Å²) in [6.07, 6.45) is 1.61. The molecule has 1 saturated heterocycles. The molecule has 0 unspecified atom stereocenters. The van der Waals surface area contributed by atoms with Crippen molar-refractivity contribution in [1.82, 2.24) is 9.80 Å². The molecule has 2 aromatic rings. The highest BCUT2D eigenvalue weighted by atomic mass is 35.5. The molecule has 0 atom stereocenters. The molecular weight excluding hydrogens is 397 g/mol. The summed E-state index contributed by atoms with van der Waals surface area (Å²) < 4.78 is 13.5. The molecule has 2 fully saturated rings. The van der Waals surface area contributed by atoms with Crippen LogP contribution in [0.25, 0.3) is 0 Å². The zero-order valence-electron chi connectivity index (χ0n) is 15.6. The molecule has 1 aliphatic carbocycles. The van der Waals surface area contributed by atoms with Gasteiger partial charge in [0, 0.05) is 22.3 Å². The van der Waals surface area contributed by atoms with E-state index in [1.165, 1.54) is 39.0 Å². The quantitative estimate of drug-likeness (QED) is 0.754. The van der Waals surface area contributed by atoms with E-state index in [4.69, 9.17) is 11.6 Å². The maximum Gasteiger partial charge on any atom is 0.254 e. The van der Waals surface area contributed by atoms with Crippen LogP contribution in [-0.4, -0.2) is 53.3 Å². The predicted molar refractivity (Wildman–Crippen MR) is 106 cm³/mol. The van der Waals surface area contributed by atoms with Gasteiger partial charge >= 0.3 is 0 Å². The third kappa shape index (κ3) is 4.24. The third-order valence-electron chi connectivity index (χ3n) is 5.04. The fourth-order valence-corrected chi connectivity index (χ4v) is 3.56. The SMILES string of the molecule is O=C(CN(C(=O)c1cccc(F)c1)C1CC1)N1CC(=O)N(c2cccc(Cl)c2)C1. The van der Waals surface area contributed by atoms with Crippen LogP contribution in [-0.2, 0) is 9.59 Å². The highest BCUT2D eigenvalue weighted by molar-refractivity contribution is 6.31. The van der Waals surface area contributed by atoms with Gasteiger partial charge in [-0.3, -0.25) is 19.3 Å². The largest absolute Gasteiger partial charge is 0.326 e. The minimum atomic E-state index is -0.500. The molecule has 3 amide bonds. The molecule has 8 heteroatoms. The van der Waals surface area contributed by atoms with Crippen LogP contribution in [0.5, 0.6) is 0 Å². The minimum Gasteiger partial charge on any atom is -0.326 e. The van der Waals surface area contributed by atoms with Gasteiger partial charge in [0.2, 0.25) is 11.8 Å². The Kier molecular flexibility index (Phi) is 5.24. The van der Waals surface area contributed by atoms with Crippen molar-refractivity contribution in [2.45, 2.75) is 18.9 Å². The van der Waals surface area contributed by atoms with E-state index < -0.39 is 5.82 Å². The Bertz CT molecular complexity index is 979. The molecule has 6 nitrogen and oxygen atoms in total. The number of hydrogen-bond acceptors (Lipinski definition) is 3. The number of halogens is 2. The lowest BCUT2D eigenvalue weighted by molar-refractivity contribution is -0.132. The first kappa shape index (κ1) is 19.4. The molecule has 2 aromatic carbocycles. The van der Waals surface area contributed by atoms with Crippen molar-refractivity contribution >= 4 is 35.0 Å². The maximum absolute atomic E-state index is 13.5.